The topological polar surface area (TPSA) is 102 Å². The Morgan fingerprint density at radius 1 is 1.06 bits per heavy atom. The predicted octanol–water partition coefficient (Wildman–Crippen LogP) is 5.49. The highest BCUT2D eigenvalue weighted by atomic mass is 16.6. The van der Waals surface area contributed by atoms with Crippen molar-refractivity contribution in [2.24, 2.45) is 0 Å². The Kier molecular flexibility index (Phi) is 5.13. The Morgan fingerprint density at radius 3 is 2.56 bits per heavy atom. The third-order valence-electron chi connectivity index (χ3n) is 6.13. The summed E-state index contributed by atoms with van der Waals surface area (Å²) in [4.78, 5) is 29.9. The van der Waals surface area contributed by atoms with Crippen LogP contribution in [-0.4, -0.2) is 20.4 Å². The number of rotatable bonds is 4. The third kappa shape index (κ3) is 3.49. The molecule has 1 atom stereocenters. The van der Waals surface area contributed by atoms with Gasteiger partial charge >= 0.3 is 0 Å². The second kappa shape index (κ2) is 8.15. The number of allylic oxidation sites excluding steroid dienone is 1. The van der Waals surface area contributed by atoms with Crippen molar-refractivity contribution in [3.05, 3.63) is 105 Å². The van der Waals surface area contributed by atoms with Crippen molar-refractivity contribution in [1.82, 2.24) is 9.55 Å². The molecule has 2 N–H and O–H groups in total. The maximum atomic E-state index is 13.7. The van der Waals surface area contributed by atoms with Gasteiger partial charge in [-0.1, -0.05) is 42.0 Å². The number of anilines is 2. The van der Waals surface area contributed by atoms with Gasteiger partial charge < -0.3 is 10.6 Å². The average Bonchev–Trinajstić information content (AvgIpc) is 3.17. The highest BCUT2D eigenvalue weighted by molar-refractivity contribution is 6.07. The number of nitrogens with zero attached hydrogens (tertiary/aromatic N) is 3. The van der Waals surface area contributed by atoms with Crippen molar-refractivity contribution >= 4 is 34.3 Å². The van der Waals surface area contributed by atoms with Crippen molar-refractivity contribution in [3.8, 4) is 0 Å². The van der Waals surface area contributed by atoms with Crippen molar-refractivity contribution in [1.29, 1.82) is 0 Å². The average molecular weight is 454 g/mol. The first-order valence-electron chi connectivity index (χ1n) is 10.9. The minimum absolute atomic E-state index is 0.0530. The van der Waals surface area contributed by atoms with Gasteiger partial charge in [-0.3, -0.25) is 19.5 Å². The number of nitro benzene ring substituents is 1. The molecule has 34 heavy (non-hydrogen) atoms. The lowest BCUT2D eigenvalue weighted by molar-refractivity contribution is -0.385. The summed E-state index contributed by atoms with van der Waals surface area (Å²) in [6.07, 6.45) is 0. The number of para-hydroxylation sites is 3. The Labute approximate surface area is 196 Å². The van der Waals surface area contributed by atoms with Crippen molar-refractivity contribution in [2.75, 3.05) is 10.6 Å². The number of carbonyl (C=O) groups excluding carboxylic acids is 1. The van der Waals surface area contributed by atoms with Crippen LogP contribution in [0.25, 0.3) is 11.0 Å². The van der Waals surface area contributed by atoms with Crippen molar-refractivity contribution < 1.29 is 9.72 Å². The predicted molar refractivity (Wildman–Crippen MR) is 132 cm³/mol. The first kappa shape index (κ1) is 21.4. The standard InChI is InChI=1S/C26H23N5O3/c1-15-12-13-19(16(2)14-15)28-25(32)23-17(3)27-26-29-20-9-5-7-11-22(20)30(26)24(23)18-8-4-6-10-21(18)31(33)34/h4-14,24H,1-3H3,(H,27,29)(H,28,32)/t24-/m0/s1. The molecule has 2 heterocycles. The van der Waals surface area contributed by atoms with Crippen LogP contribution in [0.1, 0.15) is 29.7 Å². The molecule has 0 bridgehead atoms. The summed E-state index contributed by atoms with van der Waals surface area (Å²) < 4.78 is 1.86. The minimum atomic E-state index is -0.740. The number of hydrogen-bond acceptors (Lipinski definition) is 5. The van der Waals surface area contributed by atoms with Gasteiger partial charge in [-0.2, -0.15) is 0 Å². The summed E-state index contributed by atoms with van der Waals surface area (Å²) >= 11 is 0. The largest absolute Gasteiger partial charge is 0.329 e. The van der Waals surface area contributed by atoms with Gasteiger partial charge in [-0.05, 0) is 50.6 Å². The van der Waals surface area contributed by atoms with E-state index in [0.29, 0.717) is 28.5 Å². The normalized spacial score (nSPS) is 15.1. The van der Waals surface area contributed by atoms with Gasteiger partial charge in [0.15, 0.2) is 0 Å². The highest BCUT2D eigenvalue weighted by Gasteiger charge is 2.37. The maximum Gasteiger partial charge on any atom is 0.275 e. The van der Waals surface area contributed by atoms with Gasteiger partial charge in [-0.15, -0.1) is 0 Å². The van der Waals surface area contributed by atoms with Crippen LogP contribution in [0.2, 0.25) is 0 Å². The molecule has 0 fully saturated rings. The molecular formula is C26H23N5O3. The summed E-state index contributed by atoms with van der Waals surface area (Å²) in [7, 11) is 0. The first-order chi connectivity index (χ1) is 16.3. The summed E-state index contributed by atoms with van der Waals surface area (Å²) in [6, 6.07) is 19.1. The number of nitrogens with one attached hydrogen (secondary N) is 2. The summed E-state index contributed by atoms with van der Waals surface area (Å²) in [5, 5.41) is 18.2. The molecule has 8 nitrogen and oxygen atoms in total. The van der Waals surface area contributed by atoms with Crippen LogP contribution in [0.15, 0.2) is 78.0 Å². The third-order valence-corrected chi connectivity index (χ3v) is 6.13. The molecule has 0 aliphatic carbocycles. The zero-order valence-corrected chi connectivity index (χ0v) is 19.0. The number of nitro groups is 1. The van der Waals surface area contributed by atoms with Crippen molar-refractivity contribution in [2.45, 2.75) is 26.8 Å². The maximum absolute atomic E-state index is 13.7. The summed E-state index contributed by atoms with van der Waals surface area (Å²) in [6.45, 7) is 5.72. The number of aryl methyl sites for hydroxylation is 2. The Balaban J connectivity index is 1.71. The number of benzene rings is 3. The molecule has 1 aromatic heterocycles. The van der Waals surface area contributed by atoms with E-state index in [-0.39, 0.29) is 11.6 Å². The summed E-state index contributed by atoms with van der Waals surface area (Å²) in [5.74, 6) is 0.202. The number of fused-ring (bicyclic) bond motifs is 3. The smallest absolute Gasteiger partial charge is 0.275 e. The van der Waals surface area contributed by atoms with Gasteiger partial charge in [0.1, 0.15) is 6.04 Å². The number of hydrogen-bond donors (Lipinski definition) is 2. The fourth-order valence-electron chi connectivity index (χ4n) is 4.58. The number of imidazole rings is 1. The van der Waals surface area contributed by atoms with Crippen molar-refractivity contribution in [3.63, 3.8) is 0 Å². The SMILES string of the molecule is CC1=C(C(=O)Nc2ccc(C)cc2C)[C@H](c2ccccc2[N+](=O)[O-])n2c(nc3ccccc32)N1. The monoisotopic (exact) mass is 453 g/mol. The zero-order valence-electron chi connectivity index (χ0n) is 19.0. The van der Waals surface area contributed by atoms with Gasteiger partial charge in [0.2, 0.25) is 5.95 Å². The molecular weight excluding hydrogens is 430 g/mol. The van der Waals surface area contributed by atoms with Gasteiger partial charge in [0, 0.05) is 17.5 Å². The number of amides is 1. The lowest BCUT2D eigenvalue weighted by atomic mass is 9.93. The molecule has 8 heteroatoms. The Bertz CT molecular complexity index is 1500. The van der Waals surface area contributed by atoms with Crippen LogP contribution in [0, 0.1) is 24.0 Å². The quantitative estimate of drug-likeness (QED) is 0.314. The lowest BCUT2D eigenvalue weighted by Gasteiger charge is -2.30. The second-order valence-corrected chi connectivity index (χ2v) is 8.45. The summed E-state index contributed by atoms with van der Waals surface area (Å²) in [5.41, 5.74) is 5.58. The molecule has 0 unspecified atom stereocenters. The molecule has 0 saturated carbocycles. The first-order valence-corrected chi connectivity index (χ1v) is 10.9. The fourth-order valence-corrected chi connectivity index (χ4v) is 4.58. The van der Waals surface area contributed by atoms with E-state index in [4.69, 9.17) is 0 Å². The highest BCUT2D eigenvalue weighted by Crippen LogP contribution is 2.42. The fraction of sp³-hybridized carbons (Fsp3) is 0.154. The molecule has 1 aliphatic heterocycles. The van der Waals surface area contributed by atoms with E-state index in [0.717, 1.165) is 22.2 Å². The van der Waals surface area contributed by atoms with Crippen LogP contribution in [0.5, 0.6) is 0 Å². The minimum Gasteiger partial charge on any atom is -0.329 e. The van der Waals surface area contributed by atoms with E-state index in [1.54, 1.807) is 25.1 Å². The van der Waals surface area contributed by atoms with Gasteiger partial charge in [0.05, 0.1) is 27.1 Å². The van der Waals surface area contributed by atoms with Crippen LogP contribution >= 0.6 is 0 Å². The molecule has 0 saturated heterocycles. The Morgan fingerprint density at radius 2 is 1.79 bits per heavy atom. The van der Waals surface area contributed by atoms with E-state index >= 15 is 0 Å². The van der Waals surface area contributed by atoms with E-state index in [2.05, 4.69) is 15.6 Å². The molecule has 3 aromatic carbocycles. The molecule has 170 valence electrons. The van der Waals surface area contributed by atoms with E-state index in [9.17, 15) is 14.9 Å². The molecule has 4 aromatic rings. The number of carbonyl (C=O) groups is 1. The number of aromatic nitrogens is 2. The van der Waals surface area contributed by atoms with E-state index < -0.39 is 11.0 Å². The molecule has 1 amide bonds. The van der Waals surface area contributed by atoms with E-state index in [1.165, 1.54) is 6.07 Å². The van der Waals surface area contributed by atoms with E-state index in [1.807, 2.05) is 60.9 Å². The molecule has 5 rings (SSSR count). The Hall–Kier alpha value is -4.46. The zero-order chi connectivity index (χ0) is 24.0. The van der Waals surface area contributed by atoms with Crippen LogP contribution in [0.4, 0.5) is 17.3 Å². The second-order valence-electron chi connectivity index (χ2n) is 8.45. The van der Waals surface area contributed by atoms with Gasteiger partial charge in [-0.25, -0.2) is 4.98 Å². The molecule has 0 spiro atoms. The van der Waals surface area contributed by atoms with Crippen LogP contribution < -0.4 is 10.6 Å². The molecule has 1 aliphatic rings. The van der Waals surface area contributed by atoms with Gasteiger partial charge in [0.25, 0.3) is 11.6 Å². The van der Waals surface area contributed by atoms with Crippen LogP contribution in [0.3, 0.4) is 0 Å². The molecule has 0 radical (unpaired) electrons. The van der Waals surface area contributed by atoms with Crippen LogP contribution in [-0.2, 0) is 4.79 Å². The lowest BCUT2D eigenvalue weighted by Crippen LogP contribution is -2.31.